The summed E-state index contributed by atoms with van der Waals surface area (Å²) in [5.74, 6) is -1.54. The lowest BCUT2D eigenvalue weighted by atomic mass is 10.0. The molecule has 0 amide bonds. The Morgan fingerprint density at radius 3 is 2.68 bits per heavy atom. The Morgan fingerprint density at radius 2 is 1.92 bits per heavy atom. The smallest absolute Gasteiger partial charge is 0.135 e. The van der Waals surface area contributed by atoms with Crippen LogP contribution in [-0.2, 0) is 13.0 Å². The third kappa shape index (κ3) is 2.85. The first kappa shape index (κ1) is 16.6. The zero-order valence-electron chi connectivity index (χ0n) is 12.9. The predicted molar refractivity (Wildman–Crippen MR) is 98.1 cm³/mol. The molecule has 7 heteroatoms. The van der Waals surface area contributed by atoms with E-state index in [2.05, 4.69) is 20.9 Å². The largest absolute Gasteiger partial charge is 0.356 e. The van der Waals surface area contributed by atoms with Crippen molar-refractivity contribution in [3.05, 3.63) is 69.1 Å². The minimum absolute atomic E-state index is 0.312. The molecular formula is C18H12BrF3N2S. The van der Waals surface area contributed by atoms with Gasteiger partial charge in [0.25, 0.3) is 0 Å². The molecule has 1 aliphatic heterocycles. The van der Waals surface area contributed by atoms with E-state index in [1.807, 2.05) is 4.90 Å². The molecular weight excluding hydrogens is 413 g/mol. The van der Waals surface area contributed by atoms with Crippen LogP contribution >= 0.6 is 28.1 Å². The first-order chi connectivity index (χ1) is 11.9. The molecule has 0 saturated carbocycles. The normalized spacial score (nSPS) is 14.2. The summed E-state index contributed by atoms with van der Waals surface area (Å²) in [4.78, 5) is 5.38. The van der Waals surface area contributed by atoms with Crippen LogP contribution in [0.15, 0.2) is 34.8 Å². The molecule has 0 saturated heterocycles. The highest BCUT2D eigenvalue weighted by molar-refractivity contribution is 9.10. The van der Waals surface area contributed by atoms with E-state index >= 15 is 0 Å². The van der Waals surface area contributed by atoms with Crippen molar-refractivity contribution in [2.24, 2.45) is 0 Å². The van der Waals surface area contributed by atoms with Gasteiger partial charge in [0.2, 0.25) is 0 Å². The van der Waals surface area contributed by atoms with Gasteiger partial charge in [-0.05, 0) is 30.2 Å². The Kier molecular flexibility index (Phi) is 4.08. The summed E-state index contributed by atoms with van der Waals surface area (Å²) in [5.41, 5.74) is 2.28. The summed E-state index contributed by atoms with van der Waals surface area (Å²) >= 11 is 8.75. The molecule has 2 heterocycles. The van der Waals surface area contributed by atoms with Crippen LogP contribution < -0.4 is 0 Å². The van der Waals surface area contributed by atoms with Gasteiger partial charge in [-0.1, -0.05) is 34.2 Å². The Bertz CT molecular complexity index is 1020. The maximum Gasteiger partial charge on any atom is 0.135 e. The first-order valence-electron chi connectivity index (χ1n) is 7.67. The fourth-order valence-corrected chi connectivity index (χ4v) is 3.92. The van der Waals surface area contributed by atoms with Gasteiger partial charge in [0.05, 0.1) is 11.2 Å². The Balaban J connectivity index is 1.70. The number of hydrogen-bond donors (Lipinski definition) is 1. The lowest BCUT2D eigenvalue weighted by Gasteiger charge is -2.29. The molecule has 1 N–H and O–H groups in total. The molecule has 0 aliphatic carbocycles. The maximum atomic E-state index is 14.2. The summed E-state index contributed by atoms with van der Waals surface area (Å²) in [5, 5.41) is 0.383. The van der Waals surface area contributed by atoms with Crippen LogP contribution in [0.3, 0.4) is 0 Å². The number of fused-ring (bicyclic) bond motifs is 3. The average Bonchev–Trinajstić information content (AvgIpc) is 2.91. The number of H-pyrrole nitrogens is 1. The molecule has 2 aromatic carbocycles. The van der Waals surface area contributed by atoms with E-state index in [0.29, 0.717) is 51.1 Å². The zero-order chi connectivity index (χ0) is 17.7. The number of nitrogens with zero attached hydrogens (tertiary/aromatic N) is 1. The summed E-state index contributed by atoms with van der Waals surface area (Å²) in [6, 6.07) is 7.03. The van der Waals surface area contributed by atoms with E-state index in [9.17, 15) is 13.2 Å². The number of rotatable bonds is 2. The zero-order valence-corrected chi connectivity index (χ0v) is 15.3. The van der Waals surface area contributed by atoms with Crippen LogP contribution in [0.1, 0.15) is 16.8 Å². The van der Waals surface area contributed by atoms with Gasteiger partial charge in [0.15, 0.2) is 0 Å². The second-order valence-electron chi connectivity index (χ2n) is 6.00. The van der Waals surface area contributed by atoms with Crippen molar-refractivity contribution >= 4 is 44.0 Å². The molecule has 0 radical (unpaired) electrons. The van der Waals surface area contributed by atoms with Gasteiger partial charge in [-0.15, -0.1) is 0 Å². The molecule has 0 spiro atoms. The van der Waals surface area contributed by atoms with Crippen LogP contribution in [0.4, 0.5) is 13.2 Å². The van der Waals surface area contributed by atoms with Crippen molar-refractivity contribution in [1.29, 1.82) is 0 Å². The van der Waals surface area contributed by atoms with Crippen LogP contribution in [0.2, 0.25) is 0 Å². The van der Waals surface area contributed by atoms with Crippen molar-refractivity contribution < 1.29 is 13.2 Å². The number of hydrogen-bond acceptors (Lipinski definition) is 1. The van der Waals surface area contributed by atoms with Crippen molar-refractivity contribution in [2.45, 2.75) is 13.0 Å². The standard InChI is InChI=1S/C18H12BrF3N2S/c19-10-2-1-9(13(21)5-10)8-24-4-3-12-16-14(22)6-11(20)7-15(16)23-17(12)18(24)25/h1-2,5-7,23H,3-4,8H2. The molecule has 1 aromatic heterocycles. The third-order valence-electron chi connectivity index (χ3n) is 4.43. The third-order valence-corrected chi connectivity index (χ3v) is 5.38. The molecule has 128 valence electrons. The van der Waals surface area contributed by atoms with Crippen molar-refractivity contribution in [2.75, 3.05) is 6.54 Å². The van der Waals surface area contributed by atoms with Gasteiger partial charge in [0, 0.05) is 34.6 Å². The minimum Gasteiger partial charge on any atom is -0.356 e. The highest BCUT2D eigenvalue weighted by Crippen LogP contribution is 2.31. The second-order valence-corrected chi connectivity index (χ2v) is 7.30. The van der Waals surface area contributed by atoms with Crippen molar-refractivity contribution in [3.63, 3.8) is 0 Å². The van der Waals surface area contributed by atoms with E-state index in [1.54, 1.807) is 12.1 Å². The number of thiocarbonyl (C=S) groups is 1. The first-order valence-corrected chi connectivity index (χ1v) is 8.87. The highest BCUT2D eigenvalue weighted by atomic mass is 79.9. The van der Waals surface area contributed by atoms with Crippen LogP contribution in [0.25, 0.3) is 10.9 Å². The van der Waals surface area contributed by atoms with Gasteiger partial charge in [-0.3, -0.25) is 0 Å². The van der Waals surface area contributed by atoms with E-state index in [0.717, 1.165) is 11.6 Å². The number of aromatic amines is 1. The number of benzene rings is 2. The van der Waals surface area contributed by atoms with Crippen molar-refractivity contribution in [3.8, 4) is 0 Å². The predicted octanol–water partition coefficient (Wildman–Crippen LogP) is 5.08. The Morgan fingerprint density at radius 1 is 1.12 bits per heavy atom. The van der Waals surface area contributed by atoms with Gasteiger partial charge in [0.1, 0.15) is 22.4 Å². The van der Waals surface area contributed by atoms with E-state index in [-0.39, 0.29) is 5.82 Å². The molecule has 1 aliphatic rings. The van der Waals surface area contributed by atoms with Gasteiger partial charge in [-0.25, -0.2) is 13.2 Å². The number of halogens is 4. The molecule has 0 bridgehead atoms. The molecule has 0 fully saturated rings. The summed E-state index contributed by atoms with van der Waals surface area (Å²) in [7, 11) is 0. The van der Waals surface area contributed by atoms with Crippen LogP contribution in [0.5, 0.6) is 0 Å². The lowest BCUT2D eigenvalue weighted by Crippen LogP contribution is -2.36. The van der Waals surface area contributed by atoms with Crippen LogP contribution in [-0.4, -0.2) is 21.4 Å². The monoisotopic (exact) mass is 424 g/mol. The SMILES string of the molecule is Fc1cc(F)c2c3c([nH]c2c1)C(=S)N(Cc1ccc(Br)cc1F)CC3. The van der Waals surface area contributed by atoms with Crippen molar-refractivity contribution in [1.82, 2.24) is 9.88 Å². The minimum atomic E-state index is -0.636. The van der Waals surface area contributed by atoms with Gasteiger partial charge >= 0.3 is 0 Å². The topological polar surface area (TPSA) is 19.0 Å². The summed E-state index contributed by atoms with van der Waals surface area (Å²) < 4.78 is 42.4. The highest BCUT2D eigenvalue weighted by Gasteiger charge is 2.27. The lowest BCUT2D eigenvalue weighted by molar-refractivity contribution is 0.405. The second kappa shape index (κ2) is 6.14. The van der Waals surface area contributed by atoms with Gasteiger partial charge < -0.3 is 9.88 Å². The summed E-state index contributed by atoms with van der Waals surface area (Å²) in [6.45, 7) is 0.870. The molecule has 0 atom stereocenters. The average molecular weight is 425 g/mol. The number of nitrogens with one attached hydrogen (secondary N) is 1. The van der Waals surface area contributed by atoms with Crippen LogP contribution in [0, 0.1) is 17.5 Å². The fraction of sp³-hybridized carbons (Fsp3) is 0.167. The van der Waals surface area contributed by atoms with E-state index in [4.69, 9.17) is 12.2 Å². The molecule has 25 heavy (non-hydrogen) atoms. The molecule has 4 rings (SSSR count). The quantitative estimate of drug-likeness (QED) is 0.578. The number of aromatic nitrogens is 1. The Labute approximate surface area is 155 Å². The maximum absolute atomic E-state index is 14.2. The van der Waals surface area contributed by atoms with E-state index < -0.39 is 11.6 Å². The molecule has 0 unspecified atom stereocenters. The molecule has 2 nitrogen and oxygen atoms in total. The van der Waals surface area contributed by atoms with E-state index in [1.165, 1.54) is 12.1 Å². The summed E-state index contributed by atoms with van der Waals surface area (Å²) in [6.07, 6.45) is 0.552. The van der Waals surface area contributed by atoms with Gasteiger partial charge in [-0.2, -0.15) is 0 Å². The molecule has 3 aromatic rings. The Hall–Kier alpha value is -1.86. The fourth-order valence-electron chi connectivity index (χ4n) is 3.26.